The molecule has 140 valence electrons. The first kappa shape index (κ1) is 19.7. The van der Waals surface area contributed by atoms with E-state index >= 15 is 0 Å². The fourth-order valence-electron chi connectivity index (χ4n) is 2.61. The molecule has 1 saturated heterocycles. The van der Waals surface area contributed by atoms with Crippen molar-refractivity contribution >= 4 is 21.7 Å². The first-order chi connectivity index (χ1) is 11.8. The van der Waals surface area contributed by atoms with Gasteiger partial charge < -0.3 is 15.2 Å². The highest BCUT2D eigenvalue weighted by atomic mass is 32.2. The zero-order valence-corrected chi connectivity index (χ0v) is 15.4. The van der Waals surface area contributed by atoms with Crippen molar-refractivity contribution in [1.82, 2.24) is 4.72 Å². The summed E-state index contributed by atoms with van der Waals surface area (Å²) in [6, 6.07) is 4.12. The number of benzene rings is 1. The van der Waals surface area contributed by atoms with Gasteiger partial charge >= 0.3 is 5.97 Å². The Bertz CT molecular complexity index is 697. The average Bonchev–Trinajstić information content (AvgIpc) is 3.06. The number of sulfonamides is 1. The molecule has 0 bridgehead atoms. The number of rotatable bonds is 9. The highest BCUT2D eigenvalue weighted by Gasteiger charge is 2.22. The zero-order chi connectivity index (χ0) is 18.4. The predicted octanol–water partition coefficient (Wildman–Crippen LogP) is 2.30. The number of carboxylic acids is 1. The Kier molecular flexibility index (Phi) is 6.80. The third-order valence-corrected chi connectivity index (χ3v) is 5.52. The molecule has 1 fully saturated rings. The average molecular weight is 370 g/mol. The largest absolute Gasteiger partial charge is 0.478 e. The second-order valence-electron chi connectivity index (χ2n) is 6.61. The Balaban J connectivity index is 2.11. The van der Waals surface area contributed by atoms with E-state index in [0.717, 1.165) is 19.3 Å². The Morgan fingerprint density at radius 1 is 1.40 bits per heavy atom. The smallest absolute Gasteiger partial charge is 0.337 e. The summed E-state index contributed by atoms with van der Waals surface area (Å²) in [5.74, 6) is -0.675. The van der Waals surface area contributed by atoms with Gasteiger partial charge in [-0.25, -0.2) is 17.9 Å². The van der Waals surface area contributed by atoms with Gasteiger partial charge in [0.1, 0.15) is 0 Å². The number of nitrogens with one attached hydrogen (secondary N) is 2. The van der Waals surface area contributed by atoms with Gasteiger partial charge in [-0.1, -0.05) is 13.8 Å². The van der Waals surface area contributed by atoms with Crippen molar-refractivity contribution in [2.24, 2.45) is 5.92 Å². The fourth-order valence-corrected chi connectivity index (χ4v) is 3.70. The first-order valence-corrected chi connectivity index (χ1v) is 10.0. The Labute approximate surface area is 148 Å². The summed E-state index contributed by atoms with van der Waals surface area (Å²) < 4.78 is 32.7. The van der Waals surface area contributed by atoms with E-state index in [-0.39, 0.29) is 23.1 Å². The molecule has 0 amide bonds. The summed E-state index contributed by atoms with van der Waals surface area (Å²) in [5.41, 5.74) is 0.370. The van der Waals surface area contributed by atoms with Crippen molar-refractivity contribution in [1.29, 1.82) is 0 Å². The van der Waals surface area contributed by atoms with E-state index in [4.69, 9.17) is 4.74 Å². The van der Waals surface area contributed by atoms with Crippen LogP contribution in [0.4, 0.5) is 5.69 Å². The summed E-state index contributed by atoms with van der Waals surface area (Å²) in [6.45, 7) is 5.62. The maximum absolute atomic E-state index is 12.4. The number of hydrogen-bond donors (Lipinski definition) is 3. The van der Waals surface area contributed by atoms with Crippen LogP contribution in [0.3, 0.4) is 0 Å². The quantitative estimate of drug-likeness (QED) is 0.616. The molecule has 3 N–H and O–H groups in total. The van der Waals surface area contributed by atoms with Crippen LogP contribution in [-0.2, 0) is 14.8 Å². The van der Waals surface area contributed by atoms with Crippen molar-refractivity contribution in [3.8, 4) is 0 Å². The van der Waals surface area contributed by atoms with Crippen molar-refractivity contribution in [2.45, 2.75) is 44.1 Å². The van der Waals surface area contributed by atoms with Crippen LogP contribution in [0.2, 0.25) is 0 Å². The molecule has 1 aromatic rings. The van der Waals surface area contributed by atoms with Crippen LogP contribution in [0.1, 0.15) is 43.5 Å². The summed E-state index contributed by atoms with van der Waals surface area (Å²) >= 11 is 0. The standard InChI is InChI=1S/C17H26N2O5S/c1-12(2)7-8-18-16-6-5-14(10-15(16)17(20)21)25(22,23)19-11-13-4-3-9-24-13/h5-6,10,12-13,18-19H,3-4,7-9,11H2,1-2H3,(H,20,21)/t13-/m1/s1. The van der Waals surface area contributed by atoms with Gasteiger partial charge in [-0.2, -0.15) is 0 Å². The molecule has 2 rings (SSSR count). The van der Waals surface area contributed by atoms with Crippen LogP contribution in [0.5, 0.6) is 0 Å². The van der Waals surface area contributed by atoms with Crippen molar-refractivity contribution in [2.75, 3.05) is 25.0 Å². The maximum Gasteiger partial charge on any atom is 0.337 e. The van der Waals surface area contributed by atoms with E-state index in [2.05, 4.69) is 23.9 Å². The minimum absolute atomic E-state index is 0.0521. The molecule has 7 nitrogen and oxygen atoms in total. The van der Waals surface area contributed by atoms with Crippen LogP contribution in [0, 0.1) is 5.92 Å². The number of carboxylic acid groups (broad SMARTS) is 1. The van der Waals surface area contributed by atoms with Crippen LogP contribution in [0.15, 0.2) is 23.1 Å². The summed E-state index contributed by atoms with van der Waals surface area (Å²) in [7, 11) is -3.78. The van der Waals surface area contributed by atoms with E-state index in [1.807, 2.05) is 0 Å². The number of anilines is 1. The molecule has 0 radical (unpaired) electrons. The molecular formula is C17H26N2O5S. The van der Waals surface area contributed by atoms with Gasteiger partial charge in [-0.15, -0.1) is 0 Å². The molecule has 8 heteroatoms. The summed E-state index contributed by atoms with van der Waals surface area (Å²) in [4.78, 5) is 11.4. The second kappa shape index (κ2) is 8.64. The van der Waals surface area contributed by atoms with Crippen LogP contribution in [0.25, 0.3) is 0 Å². The van der Waals surface area contributed by atoms with E-state index in [1.54, 1.807) is 0 Å². The Morgan fingerprint density at radius 3 is 2.76 bits per heavy atom. The third kappa shape index (κ3) is 5.69. The molecule has 0 aromatic heterocycles. The molecule has 0 unspecified atom stereocenters. The molecular weight excluding hydrogens is 344 g/mol. The molecule has 1 aliphatic heterocycles. The molecule has 1 heterocycles. The fraction of sp³-hybridized carbons (Fsp3) is 0.588. The van der Waals surface area contributed by atoms with Crippen molar-refractivity contribution in [3.05, 3.63) is 23.8 Å². The van der Waals surface area contributed by atoms with Gasteiger partial charge in [-0.3, -0.25) is 0 Å². The lowest BCUT2D eigenvalue weighted by Crippen LogP contribution is -2.32. The SMILES string of the molecule is CC(C)CCNc1ccc(S(=O)(=O)NC[C@H]2CCCO2)cc1C(=O)O. The second-order valence-corrected chi connectivity index (χ2v) is 8.38. The van der Waals surface area contributed by atoms with Crippen LogP contribution < -0.4 is 10.0 Å². The molecule has 0 aliphatic carbocycles. The highest BCUT2D eigenvalue weighted by molar-refractivity contribution is 7.89. The van der Waals surface area contributed by atoms with Gasteiger partial charge in [0.05, 0.1) is 16.6 Å². The molecule has 25 heavy (non-hydrogen) atoms. The lowest BCUT2D eigenvalue weighted by Gasteiger charge is -2.14. The molecule has 0 spiro atoms. The van der Waals surface area contributed by atoms with Gasteiger partial charge in [-0.05, 0) is 43.4 Å². The van der Waals surface area contributed by atoms with Gasteiger partial charge in [0.15, 0.2) is 0 Å². The number of aromatic carboxylic acids is 1. The van der Waals surface area contributed by atoms with E-state index in [9.17, 15) is 18.3 Å². The topological polar surface area (TPSA) is 105 Å². The minimum Gasteiger partial charge on any atom is -0.478 e. The van der Waals surface area contributed by atoms with Crippen LogP contribution in [-0.4, -0.2) is 45.3 Å². The number of hydrogen-bond acceptors (Lipinski definition) is 5. The molecule has 1 aliphatic rings. The van der Waals surface area contributed by atoms with Gasteiger partial charge in [0.25, 0.3) is 0 Å². The van der Waals surface area contributed by atoms with Gasteiger partial charge in [0.2, 0.25) is 10.0 Å². The van der Waals surface area contributed by atoms with Crippen LogP contribution >= 0.6 is 0 Å². The Hall–Kier alpha value is -1.64. The molecule has 0 saturated carbocycles. The van der Waals surface area contributed by atoms with Crippen molar-refractivity contribution < 1.29 is 23.1 Å². The number of ether oxygens (including phenoxy) is 1. The minimum atomic E-state index is -3.78. The molecule has 1 aromatic carbocycles. The van der Waals surface area contributed by atoms with E-state index in [0.29, 0.717) is 24.8 Å². The lowest BCUT2D eigenvalue weighted by atomic mass is 10.1. The summed E-state index contributed by atoms with van der Waals surface area (Å²) in [5, 5.41) is 12.5. The monoisotopic (exact) mass is 370 g/mol. The first-order valence-electron chi connectivity index (χ1n) is 8.52. The van der Waals surface area contributed by atoms with Gasteiger partial charge in [0, 0.05) is 25.4 Å². The van der Waals surface area contributed by atoms with E-state index in [1.165, 1.54) is 18.2 Å². The predicted molar refractivity (Wildman–Crippen MR) is 95.5 cm³/mol. The number of carbonyl (C=O) groups is 1. The normalized spacial score (nSPS) is 17.8. The zero-order valence-electron chi connectivity index (χ0n) is 14.6. The van der Waals surface area contributed by atoms with Crippen molar-refractivity contribution in [3.63, 3.8) is 0 Å². The Morgan fingerprint density at radius 2 is 2.16 bits per heavy atom. The maximum atomic E-state index is 12.4. The molecule has 1 atom stereocenters. The third-order valence-electron chi connectivity index (χ3n) is 4.09. The highest BCUT2D eigenvalue weighted by Crippen LogP contribution is 2.21. The van der Waals surface area contributed by atoms with E-state index < -0.39 is 16.0 Å². The summed E-state index contributed by atoms with van der Waals surface area (Å²) in [6.07, 6.45) is 2.52. The lowest BCUT2D eigenvalue weighted by molar-refractivity contribution is 0.0697.